The first kappa shape index (κ1) is 18.8. The van der Waals surface area contributed by atoms with E-state index in [0.717, 1.165) is 43.8 Å². The minimum atomic E-state index is -0.657. The first-order valence-corrected chi connectivity index (χ1v) is 16.0. The van der Waals surface area contributed by atoms with Gasteiger partial charge in [0.2, 0.25) is 0 Å². The lowest BCUT2D eigenvalue weighted by Crippen LogP contribution is -1.92. The van der Waals surface area contributed by atoms with Crippen LogP contribution in [0.3, 0.4) is 0 Å². The Kier molecular flexibility index (Phi) is 4.25. The monoisotopic (exact) mass is 633 g/mol. The lowest BCUT2D eigenvalue weighted by Gasteiger charge is -2.19. The van der Waals surface area contributed by atoms with Crippen LogP contribution in [0.5, 0.6) is 0 Å². The molecule has 0 bridgehead atoms. The van der Waals surface area contributed by atoms with Crippen LogP contribution in [0.25, 0.3) is 98.8 Å². The van der Waals surface area contributed by atoms with Crippen molar-refractivity contribution >= 4 is 54.3 Å². The average Bonchev–Trinajstić information content (AvgIpc) is 3.68. The molecule has 10 aromatic rings. The Morgan fingerprint density at radius 1 is 0.388 bits per heavy atom. The van der Waals surface area contributed by atoms with E-state index in [-0.39, 0.29) is 39.1 Å². The summed E-state index contributed by atoms with van der Waals surface area (Å²) in [5.74, 6) is 0. The van der Waals surface area contributed by atoms with Crippen molar-refractivity contribution < 1.29 is 19.5 Å². The van der Waals surface area contributed by atoms with Crippen molar-refractivity contribution in [2.75, 3.05) is 0 Å². The summed E-state index contributed by atoms with van der Waals surface area (Å²) >= 11 is 0. The van der Waals surface area contributed by atoms with Gasteiger partial charge in [0.15, 0.2) is 0 Å². The number of furan rings is 1. The highest BCUT2D eigenvalue weighted by Crippen LogP contribution is 2.48. The maximum atomic E-state index is 9.62. The zero-order valence-electron chi connectivity index (χ0n) is 36.9. The first-order valence-electron chi connectivity index (χ1n) is 21.5. The second-order valence-electron chi connectivity index (χ2n) is 12.0. The van der Waals surface area contributed by atoms with Gasteiger partial charge in [0.05, 0.1) is 15.1 Å². The van der Waals surface area contributed by atoms with Gasteiger partial charge in [-0.05, 0) is 107 Å². The van der Waals surface area contributed by atoms with E-state index in [1.165, 1.54) is 0 Å². The summed E-state index contributed by atoms with van der Waals surface area (Å²) in [4.78, 5) is 0. The molecule has 0 N–H and O–H groups in total. The van der Waals surface area contributed by atoms with Gasteiger partial charge in [-0.15, -0.1) is 0 Å². The van der Waals surface area contributed by atoms with Crippen molar-refractivity contribution in [3.63, 3.8) is 0 Å². The molecule has 1 heteroatoms. The van der Waals surface area contributed by atoms with E-state index in [1.807, 2.05) is 78.9 Å². The van der Waals surface area contributed by atoms with E-state index >= 15 is 0 Å². The van der Waals surface area contributed by atoms with Crippen LogP contribution in [0.2, 0.25) is 0 Å². The van der Waals surface area contributed by atoms with E-state index in [0.29, 0.717) is 16.3 Å². The van der Waals surface area contributed by atoms with Gasteiger partial charge in [0.25, 0.3) is 0 Å². The molecule has 1 aromatic heterocycles. The van der Waals surface area contributed by atoms with E-state index in [4.69, 9.17) is 16.8 Å². The van der Waals surface area contributed by atoms with Crippen LogP contribution < -0.4 is 0 Å². The largest absolute Gasteiger partial charge is 0.456 e. The Labute approximate surface area is 299 Å². The molecule has 9 aromatic carbocycles. The van der Waals surface area contributed by atoms with Gasteiger partial charge in [0, 0.05) is 10.8 Å². The summed E-state index contributed by atoms with van der Waals surface area (Å²) in [5, 5.41) is 5.26. The fourth-order valence-corrected chi connectivity index (χ4v) is 7.16. The highest BCUT2D eigenvalue weighted by molar-refractivity contribution is 6.26. The minimum absolute atomic E-state index is 0.0657. The van der Waals surface area contributed by atoms with E-state index in [1.54, 1.807) is 0 Å². The Balaban J connectivity index is 1.37. The number of fused-ring (bicyclic) bond motifs is 6. The van der Waals surface area contributed by atoms with Gasteiger partial charge in [-0.3, -0.25) is 0 Å². The van der Waals surface area contributed by atoms with Gasteiger partial charge < -0.3 is 4.42 Å². The summed E-state index contributed by atoms with van der Waals surface area (Å²) in [6.45, 7) is 0. The molecular weight excluding hydrogens is 593 g/mol. The molecule has 10 rings (SSSR count). The third kappa shape index (κ3) is 4.40. The zero-order chi connectivity index (χ0) is 41.9. The predicted molar refractivity (Wildman–Crippen MR) is 208 cm³/mol. The molecule has 49 heavy (non-hydrogen) atoms. The predicted octanol–water partition coefficient (Wildman–Crippen LogP) is 13.7. The highest BCUT2D eigenvalue weighted by atomic mass is 16.3. The molecule has 1 nitrogen and oxygen atoms in total. The first-order chi connectivity index (χ1) is 28.9. The molecule has 0 aliphatic heterocycles. The summed E-state index contributed by atoms with van der Waals surface area (Å²) in [6, 6.07) is 32.3. The normalized spacial score (nSPS) is 14.8. The molecule has 0 atom stereocenters. The molecule has 0 fully saturated rings. The molecule has 0 aliphatic carbocycles. The Morgan fingerprint density at radius 3 is 1.78 bits per heavy atom. The third-order valence-corrected chi connectivity index (χ3v) is 9.24. The quantitative estimate of drug-likeness (QED) is 0.176. The van der Waals surface area contributed by atoms with E-state index in [9.17, 15) is 2.74 Å². The fraction of sp³-hybridized carbons (Fsp3) is 0. The lowest BCUT2D eigenvalue weighted by atomic mass is 9.83. The van der Waals surface area contributed by atoms with Crippen LogP contribution in [0.1, 0.15) is 15.1 Å². The molecule has 0 unspecified atom stereocenters. The van der Waals surface area contributed by atoms with Crippen LogP contribution in [0.4, 0.5) is 0 Å². The number of hydrogen-bond donors (Lipinski definition) is 0. The standard InChI is InChI=1S/C48H30O/c1-3-14-31(15-4-1)33-26-27-44-43(29-33)48-41(24-13-25-45(48)49-44)47-39-22-11-9-20-37(39)46(38-21-10-12-23-40(38)47)35-28-34-18-7-8-19-36(34)42(30-35)32-16-5-2-6-17-32/h1-30H/i1D,3D,4D,13D,14D,15D,24D,25D,26D,27D,29D. The maximum absolute atomic E-state index is 9.62. The molecule has 0 aliphatic rings. The van der Waals surface area contributed by atoms with Gasteiger partial charge in [0.1, 0.15) is 11.2 Å². The van der Waals surface area contributed by atoms with Crippen molar-refractivity contribution in [1.29, 1.82) is 0 Å². The Hall–Kier alpha value is -6.44. The maximum Gasteiger partial charge on any atom is 0.136 e. The number of hydrogen-bond acceptors (Lipinski definition) is 1. The molecule has 228 valence electrons. The highest BCUT2D eigenvalue weighted by Gasteiger charge is 2.21. The zero-order valence-corrected chi connectivity index (χ0v) is 25.9. The fourth-order valence-electron chi connectivity index (χ4n) is 7.16. The summed E-state index contributed by atoms with van der Waals surface area (Å²) < 4.78 is 104. The van der Waals surface area contributed by atoms with Gasteiger partial charge in [-0.1, -0.05) is 151 Å². The van der Waals surface area contributed by atoms with Crippen molar-refractivity contribution in [3.05, 3.63) is 182 Å². The SMILES string of the molecule is [2H]c1c([2H])c([2H])c(-c2c([2H])c([2H])c3oc4c([2H])c([2H])c([2H])c(-c5c6ccccc6c(-c6cc(-c7ccccc7)c7ccccc7c6)c6ccccc56)c4c3c2[2H])c([2H])c1[2H]. The van der Waals surface area contributed by atoms with E-state index in [2.05, 4.69) is 36.4 Å². The van der Waals surface area contributed by atoms with Crippen molar-refractivity contribution in [3.8, 4) is 44.5 Å². The second kappa shape index (κ2) is 11.1. The average molecular weight is 634 g/mol. The molecule has 0 spiro atoms. The number of benzene rings is 9. The minimum Gasteiger partial charge on any atom is -0.456 e. The topological polar surface area (TPSA) is 13.1 Å². The molecule has 0 saturated heterocycles. The van der Waals surface area contributed by atoms with Crippen molar-refractivity contribution in [1.82, 2.24) is 0 Å². The smallest absolute Gasteiger partial charge is 0.136 e. The Morgan fingerprint density at radius 2 is 1.04 bits per heavy atom. The van der Waals surface area contributed by atoms with Gasteiger partial charge in [-0.25, -0.2) is 0 Å². The van der Waals surface area contributed by atoms with Gasteiger partial charge >= 0.3 is 0 Å². The number of rotatable bonds is 4. The van der Waals surface area contributed by atoms with Crippen LogP contribution in [0.15, 0.2) is 186 Å². The third-order valence-electron chi connectivity index (χ3n) is 9.24. The Bertz CT molecular complexity index is 3420. The second-order valence-corrected chi connectivity index (χ2v) is 12.0. The molecule has 0 saturated carbocycles. The summed E-state index contributed by atoms with van der Waals surface area (Å²) in [6.07, 6.45) is 0. The van der Waals surface area contributed by atoms with Crippen LogP contribution in [0, 0.1) is 0 Å². The van der Waals surface area contributed by atoms with Crippen LogP contribution >= 0.6 is 0 Å². The molecule has 0 amide bonds. The van der Waals surface area contributed by atoms with Crippen LogP contribution in [-0.4, -0.2) is 0 Å². The van der Waals surface area contributed by atoms with Crippen molar-refractivity contribution in [2.24, 2.45) is 0 Å². The summed E-state index contributed by atoms with van der Waals surface area (Å²) in [5.41, 5.74) is 3.52. The van der Waals surface area contributed by atoms with E-state index < -0.39 is 66.0 Å². The molecule has 0 radical (unpaired) electrons. The lowest BCUT2D eigenvalue weighted by molar-refractivity contribution is 0.669. The van der Waals surface area contributed by atoms with Crippen molar-refractivity contribution in [2.45, 2.75) is 0 Å². The van der Waals surface area contributed by atoms with Crippen LogP contribution in [-0.2, 0) is 0 Å². The molecule has 1 heterocycles. The molecular formula is C48H30O. The summed E-state index contributed by atoms with van der Waals surface area (Å²) in [7, 11) is 0. The van der Waals surface area contributed by atoms with Gasteiger partial charge in [-0.2, -0.15) is 0 Å².